The Hall–Kier alpha value is -1.87. The number of rotatable bonds is 3. The van der Waals surface area contributed by atoms with E-state index >= 15 is 0 Å². The molecule has 0 aliphatic rings. The number of benzene rings is 1. The predicted molar refractivity (Wildman–Crippen MR) is 68.3 cm³/mol. The Balaban J connectivity index is 2.26. The van der Waals surface area contributed by atoms with Gasteiger partial charge in [-0.3, -0.25) is 0 Å². The predicted octanol–water partition coefficient (Wildman–Crippen LogP) is 3.96. The van der Waals surface area contributed by atoms with Crippen LogP contribution in [0.2, 0.25) is 5.15 Å². The van der Waals surface area contributed by atoms with Crippen LogP contribution in [0.25, 0.3) is 6.08 Å². The third-order valence-electron chi connectivity index (χ3n) is 2.09. The second-order valence-corrected chi connectivity index (χ2v) is 3.72. The number of aromatic nitrogens is 2. The fraction of sp³-hybridized carbons (Fsp3) is 0.0769. The van der Waals surface area contributed by atoms with Crippen LogP contribution in [0.5, 0.6) is 11.6 Å². The lowest BCUT2D eigenvalue weighted by molar-refractivity contribution is 0.454. The van der Waals surface area contributed by atoms with E-state index < -0.39 is 0 Å². The van der Waals surface area contributed by atoms with Crippen LogP contribution in [0.4, 0.5) is 0 Å². The van der Waals surface area contributed by atoms with Crippen molar-refractivity contribution in [2.24, 2.45) is 0 Å². The van der Waals surface area contributed by atoms with E-state index in [1.807, 2.05) is 43.3 Å². The number of allylic oxidation sites excluding steroid dienone is 1. The summed E-state index contributed by atoms with van der Waals surface area (Å²) in [7, 11) is 0. The van der Waals surface area contributed by atoms with Crippen molar-refractivity contribution >= 4 is 17.7 Å². The molecule has 3 nitrogen and oxygen atoms in total. The van der Waals surface area contributed by atoms with E-state index in [1.165, 1.54) is 0 Å². The first kappa shape index (κ1) is 11.6. The molecule has 2 aromatic rings. The van der Waals surface area contributed by atoms with Gasteiger partial charge in [0.05, 0.1) is 0 Å². The Bertz CT molecular complexity index is 523. The summed E-state index contributed by atoms with van der Waals surface area (Å²) in [6.45, 7) is 1.96. The molecule has 1 aromatic heterocycles. The normalized spacial score (nSPS) is 10.7. The molecular formula is C13H11ClN2O. The minimum atomic E-state index is 0.346. The van der Waals surface area contributed by atoms with Crippen LogP contribution < -0.4 is 4.74 Å². The summed E-state index contributed by atoms with van der Waals surface area (Å²) in [5.41, 5.74) is 0.992. The molecule has 86 valence electrons. The summed E-state index contributed by atoms with van der Waals surface area (Å²) in [6, 6.07) is 11.0. The topological polar surface area (TPSA) is 35.0 Å². The third kappa shape index (κ3) is 3.04. The van der Waals surface area contributed by atoms with E-state index in [9.17, 15) is 0 Å². The number of nitrogens with zero attached hydrogens (tertiary/aromatic N) is 2. The monoisotopic (exact) mass is 246 g/mol. The summed E-state index contributed by atoms with van der Waals surface area (Å²) in [6.07, 6.45) is 3.93. The first-order valence-electron chi connectivity index (χ1n) is 5.18. The Labute approximate surface area is 105 Å². The maximum absolute atomic E-state index is 5.66. The molecule has 0 N–H and O–H groups in total. The van der Waals surface area contributed by atoms with Gasteiger partial charge in [-0.15, -0.1) is 10.2 Å². The summed E-state index contributed by atoms with van der Waals surface area (Å²) in [5, 5.41) is 7.92. The lowest BCUT2D eigenvalue weighted by atomic mass is 10.2. The van der Waals surface area contributed by atoms with E-state index in [-0.39, 0.29) is 0 Å². The zero-order valence-corrected chi connectivity index (χ0v) is 10.1. The molecule has 0 atom stereocenters. The molecule has 0 radical (unpaired) electrons. The Morgan fingerprint density at radius 1 is 1.12 bits per heavy atom. The zero-order valence-electron chi connectivity index (χ0n) is 9.30. The number of ether oxygens (including phenoxy) is 1. The fourth-order valence-electron chi connectivity index (χ4n) is 1.36. The van der Waals surface area contributed by atoms with Crippen molar-refractivity contribution in [3.63, 3.8) is 0 Å². The van der Waals surface area contributed by atoms with Gasteiger partial charge in [-0.25, -0.2) is 0 Å². The van der Waals surface area contributed by atoms with Crippen LogP contribution in [-0.2, 0) is 0 Å². The van der Waals surface area contributed by atoms with Gasteiger partial charge < -0.3 is 4.74 Å². The van der Waals surface area contributed by atoms with Gasteiger partial charge in [0, 0.05) is 11.6 Å². The van der Waals surface area contributed by atoms with E-state index in [2.05, 4.69) is 10.2 Å². The molecule has 0 saturated heterocycles. The highest BCUT2D eigenvalue weighted by Gasteiger charge is 2.03. The minimum Gasteiger partial charge on any atom is -0.437 e. The standard InChI is InChI=1S/C13H11ClN2O/c1-2-5-10-6-3-4-7-11(10)17-13-9-8-12(14)15-16-13/h2-9H,1H3/b5-2+. The van der Waals surface area contributed by atoms with Gasteiger partial charge in [0.15, 0.2) is 5.15 Å². The Kier molecular flexibility index (Phi) is 3.73. The Morgan fingerprint density at radius 2 is 1.94 bits per heavy atom. The SMILES string of the molecule is C/C=C/c1ccccc1Oc1ccc(Cl)nn1. The first-order valence-corrected chi connectivity index (χ1v) is 5.56. The molecular weight excluding hydrogens is 236 g/mol. The number of hydrogen-bond acceptors (Lipinski definition) is 3. The maximum atomic E-state index is 5.66. The largest absolute Gasteiger partial charge is 0.437 e. The highest BCUT2D eigenvalue weighted by atomic mass is 35.5. The molecule has 4 heteroatoms. The lowest BCUT2D eigenvalue weighted by Crippen LogP contribution is -1.91. The molecule has 0 amide bonds. The second kappa shape index (κ2) is 5.46. The van der Waals surface area contributed by atoms with Gasteiger partial charge in [0.2, 0.25) is 5.88 Å². The van der Waals surface area contributed by atoms with Crippen LogP contribution in [0, 0.1) is 0 Å². The first-order chi connectivity index (χ1) is 8.29. The molecule has 0 fully saturated rings. The van der Waals surface area contributed by atoms with E-state index in [0.29, 0.717) is 11.0 Å². The molecule has 0 aliphatic carbocycles. The lowest BCUT2D eigenvalue weighted by Gasteiger charge is -2.06. The summed E-state index contributed by atoms with van der Waals surface area (Å²) < 4.78 is 5.63. The van der Waals surface area contributed by atoms with E-state index in [0.717, 1.165) is 11.3 Å². The van der Waals surface area contributed by atoms with Gasteiger partial charge >= 0.3 is 0 Å². The quantitative estimate of drug-likeness (QED) is 0.822. The van der Waals surface area contributed by atoms with Crippen LogP contribution in [-0.4, -0.2) is 10.2 Å². The molecule has 0 saturated carbocycles. The number of hydrogen-bond donors (Lipinski definition) is 0. The fourth-order valence-corrected chi connectivity index (χ4v) is 1.46. The van der Waals surface area contributed by atoms with Crippen LogP contribution in [0.3, 0.4) is 0 Å². The molecule has 0 unspecified atom stereocenters. The van der Waals surface area contributed by atoms with Crippen molar-refractivity contribution in [1.82, 2.24) is 10.2 Å². The van der Waals surface area contributed by atoms with Crippen LogP contribution in [0.15, 0.2) is 42.5 Å². The van der Waals surface area contributed by atoms with Crippen molar-refractivity contribution in [3.8, 4) is 11.6 Å². The van der Waals surface area contributed by atoms with Crippen molar-refractivity contribution in [2.75, 3.05) is 0 Å². The summed E-state index contributed by atoms with van der Waals surface area (Å²) >= 11 is 5.66. The van der Waals surface area contributed by atoms with Gasteiger partial charge in [0.25, 0.3) is 0 Å². The summed E-state index contributed by atoms with van der Waals surface area (Å²) in [4.78, 5) is 0. The number of halogens is 1. The zero-order chi connectivity index (χ0) is 12.1. The smallest absolute Gasteiger partial charge is 0.238 e. The molecule has 1 heterocycles. The molecule has 1 aromatic carbocycles. The van der Waals surface area contributed by atoms with Crippen LogP contribution in [0.1, 0.15) is 12.5 Å². The molecule has 0 spiro atoms. The van der Waals surface area contributed by atoms with Gasteiger partial charge in [-0.05, 0) is 19.1 Å². The van der Waals surface area contributed by atoms with E-state index in [4.69, 9.17) is 16.3 Å². The molecule has 0 bridgehead atoms. The van der Waals surface area contributed by atoms with Gasteiger partial charge in [-0.1, -0.05) is 42.0 Å². The highest BCUT2D eigenvalue weighted by Crippen LogP contribution is 2.24. The van der Waals surface area contributed by atoms with Crippen molar-refractivity contribution < 1.29 is 4.74 Å². The summed E-state index contributed by atoms with van der Waals surface area (Å²) in [5.74, 6) is 1.16. The van der Waals surface area contributed by atoms with Gasteiger partial charge in [0.1, 0.15) is 5.75 Å². The minimum absolute atomic E-state index is 0.346. The van der Waals surface area contributed by atoms with Gasteiger partial charge in [-0.2, -0.15) is 0 Å². The maximum Gasteiger partial charge on any atom is 0.238 e. The number of para-hydroxylation sites is 1. The molecule has 17 heavy (non-hydrogen) atoms. The van der Waals surface area contributed by atoms with Crippen molar-refractivity contribution in [2.45, 2.75) is 6.92 Å². The molecule has 2 rings (SSSR count). The second-order valence-electron chi connectivity index (χ2n) is 3.33. The average molecular weight is 247 g/mol. The molecule has 0 aliphatic heterocycles. The van der Waals surface area contributed by atoms with Crippen LogP contribution >= 0.6 is 11.6 Å². The highest BCUT2D eigenvalue weighted by molar-refractivity contribution is 6.29. The third-order valence-corrected chi connectivity index (χ3v) is 2.29. The van der Waals surface area contributed by atoms with E-state index in [1.54, 1.807) is 12.1 Å². The van der Waals surface area contributed by atoms with Crippen molar-refractivity contribution in [1.29, 1.82) is 0 Å². The Morgan fingerprint density at radius 3 is 2.65 bits per heavy atom. The van der Waals surface area contributed by atoms with Crippen molar-refractivity contribution in [3.05, 3.63) is 53.2 Å². The average Bonchev–Trinajstić information content (AvgIpc) is 2.35.